The molecule has 0 heterocycles. The largest absolute Gasteiger partial charge is 0.496 e. The van der Waals surface area contributed by atoms with E-state index in [1.54, 1.807) is 49.6 Å². The molecule has 30 heavy (non-hydrogen) atoms. The molecule has 5 nitrogen and oxygen atoms in total. The predicted molar refractivity (Wildman–Crippen MR) is 113 cm³/mol. The minimum Gasteiger partial charge on any atom is -0.496 e. The summed E-state index contributed by atoms with van der Waals surface area (Å²) in [6, 6.07) is 21.7. The highest BCUT2D eigenvalue weighted by atomic mass is 19.1. The van der Waals surface area contributed by atoms with Crippen molar-refractivity contribution in [2.45, 2.75) is 0 Å². The highest BCUT2D eigenvalue weighted by Crippen LogP contribution is 2.25. The summed E-state index contributed by atoms with van der Waals surface area (Å²) in [6.45, 7) is -0.508. The molecule has 0 aliphatic heterocycles. The summed E-state index contributed by atoms with van der Waals surface area (Å²) in [5, 5.41) is 2.49. The molecule has 152 valence electrons. The Labute approximate surface area is 173 Å². The van der Waals surface area contributed by atoms with Crippen LogP contribution in [0.2, 0.25) is 0 Å². The average Bonchev–Trinajstić information content (AvgIpc) is 2.76. The molecule has 0 spiro atoms. The standard InChI is InChI=1S/C24H20FNO4/c1-29-22-13-6-5-10-18(22)14-21(17-8-3-2-4-9-17)24(28)30-16-23(27)26-20-12-7-11-19(25)15-20/h2-15H,16H2,1H3,(H,26,27)/b21-14+. The van der Waals surface area contributed by atoms with E-state index < -0.39 is 24.3 Å². The molecule has 3 aromatic carbocycles. The van der Waals surface area contributed by atoms with Crippen molar-refractivity contribution in [3.63, 3.8) is 0 Å². The van der Waals surface area contributed by atoms with Crippen LogP contribution in [-0.2, 0) is 14.3 Å². The zero-order valence-electron chi connectivity index (χ0n) is 16.3. The first-order valence-electron chi connectivity index (χ1n) is 9.19. The Morgan fingerprint density at radius 2 is 1.70 bits per heavy atom. The maximum Gasteiger partial charge on any atom is 0.339 e. The quantitative estimate of drug-likeness (QED) is 0.356. The number of benzene rings is 3. The number of amides is 1. The van der Waals surface area contributed by atoms with Crippen molar-refractivity contribution in [3.8, 4) is 5.75 Å². The Balaban J connectivity index is 1.77. The molecule has 0 saturated carbocycles. The number of para-hydroxylation sites is 1. The number of hydrogen-bond acceptors (Lipinski definition) is 4. The van der Waals surface area contributed by atoms with Crippen molar-refractivity contribution >= 4 is 29.2 Å². The molecule has 0 bridgehead atoms. The molecule has 0 fully saturated rings. The van der Waals surface area contributed by atoms with E-state index in [0.717, 1.165) is 0 Å². The van der Waals surface area contributed by atoms with Crippen LogP contribution in [0.5, 0.6) is 5.75 Å². The summed E-state index contributed by atoms with van der Waals surface area (Å²) >= 11 is 0. The molecule has 3 rings (SSSR count). The maximum absolute atomic E-state index is 13.2. The van der Waals surface area contributed by atoms with Crippen molar-refractivity contribution in [2.24, 2.45) is 0 Å². The van der Waals surface area contributed by atoms with Crippen LogP contribution in [0.3, 0.4) is 0 Å². The fraction of sp³-hybridized carbons (Fsp3) is 0.0833. The molecule has 0 saturated heterocycles. The predicted octanol–water partition coefficient (Wildman–Crippen LogP) is 4.56. The molecule has 1 N–H and O–H groups in total. The van der Waals surface area contributed by atoms with Crippen LogP contribution in [0.25, 0.3) is 11.6 Å². The summed E-state index contributed by atoms with van der Waals surface area (Å²) < 4.78 is 23.8. The molecule has 0 aliphatic rings. The highest BCUT2D eigenvalue weighted by Gasteiger charge is 2.16. The molecular weight excluding hydrogens is 385 g/mol. The second-order valence-corrected chi connectivity index (χ2v) is 6.30. The molecule has 3 aromatic rings. The van der Waals surface area contributed by atoms with Gasteiger partial charge in [-0.3, -0.25) is 4.79 Å². The van der Waals surface area contributed by atoms with E-state index in [-0.39, 0.29) is 11.3 Å². The van der Waals surface area contributed by atoms with E-state index in [4.69, 9.17) is 9.47 Å². The molecule has 0 atom stereocenters. The highest BCUT2D eigenvalue weighted by molar-refractivity contribution is 6.22. The number of halogens is 1. The van der Waals surface area contributed by atoms with E-state index in [2.05, 4.69) is 5.32 Å². The van der Waals surface area contributed by atoms with Crippen molar-refractivity contribution < 1.29 is 23.5 Å². The van der Waals surface area contributed by atoms with E-state index in [1.165, 1.54) is 18.2 Å². The van der Waals surface area contributed by atoms with Crippen molar-refractivity contribution in [3.05, 3.63) is 95.8 Å². The van der Waals surface area contributed by atoms with Gasteiger partial charge in [0, 0.05) is 11.3 Å². The number of anilines is 1. The van der Waals surface area contributed by atoms with Crippen LogP contribution >= 0.6 is 0 Å². The SMILES string of the molecule is COc1ccccc1/C=C(/C(=O)OCC(=O)Nc1cccc(F)c1)c1ccccc1. The number of rotatable bonds is 7. The minimum absolute atomic E-state index is 0.277. The maximum atomic E-state index is 13.2. The minimum atomic E-state index is -0.665. The van der Waals surface area contributed by atoms with E-state index in [9.17, 15) is 14.0 Å². The van der Waals surface area contributed by atoms with Crippen LogP contribution in [-0.4, -0.2) is 25.6 Å². The molecule has 0 aliphatic carbocycles. The second kappa shape index (κ2) is 10.0. The van der Waals surface area contributed by atoms with E-state index in [0.29, 0.717) is 16.9 Å². The fourth-order valence-corrected chi connectivity index (χ4v) is 2.79. The van der Waals surface area contributed by atoms with Gasteiger partial charge in [0.05, 0.1) is 12.7 Å². The number of hydrogen-bond donors (Lipinski definition) is 1. The molecule has 0 unspecified atom stereocenters. The fourth-order valence-electron chi connectivity index (χ4n) is 2.79. The van der Waals surface area contributed by atoms with Gasteiger partial charge in [-0.05, 0) is 35.9 Å². The lowest BCUT2D eigenvalue weighted by molar-refractivity contribution is -0.141. The lowest BCUT2D eigenvalue weighted by Gasteiger charge is -2.11. The zero-order valence-corrected chi connectivity index (χ0v) is 16.3. The van der Waals surface area contributed by atoms with Gasteiger partial charge in [0.2, 0.25) is 0 Å². The average molecular weight is 405 g/mol. The Kier molecular flexibility index (Phi) is 6.95. The van der Waals surface area contributed by atoms with Gasteiger partial charge in [0.15, 0.2) is 6.61 Å². The molecule has 6 heteroatoms. The first-order valence-corrected chi connectivity index (χ1v) is 9.19. The van der Waals surface area contributed by atoms with Crippen LogP contribution in [0.4, 0.5) is 10.1 Å². The second-order valence-electron chi connectivity index (χ2n) is 6.30. The number of esters is 1. The van der Waals surface area contributed by atoms with Crippen molar-refractivity contribution in [1.82, 2.24) is 0 Å². The Bertz CT molecular complexity index is 1060. The van der Waals surface area contributed by atoms with Gasteiger partial charge in [-0.1, -0.05) is 54.6 Å². The Morgan fingerprint density at radius 1 is 0.967 bits per heavy atom. The number of methoxy groups -OCH3 is 1. The van der Waals surface area contributed by atoms with Crippen molar-refractivity contribution in [1.29, 1.82) is 0 Å². The third-order valence-corrected chi connectivity index (χ3v) is 4.19. The summed E-state index contributed by atoms with van der Waals surface area (Å²) in [4.78, 5) is 24.9. The number of nitrogens with one attached hydrogen (secondary N) is 1. The summed E-state index contributed by atoms with van der Waals surface area (Å²) in [5.41, 5.74) is 1.89. The summed E-state index contributed by atoms with van der Waals surface area (Å²) in [5.74, 6) is -1.11. The number of carbonyl (C=O) groups excluding carboxylic acids is 2. The summed E-state index contributed by atoms with van der Waals surface area (Å²) in [6.07, 6.45) is 1.65. The number of ether oxygens (including phenoxy) is 2. The van der Waals surface area contributed by atoms with Gasteiger partial charge in [0.1, 0.15) is 11.6 Å². The Morgan fingerprint density at radius 3 is 2.43 bits per heavy atom. The van der Waals surface area contributed by atoms with Gasteiger partial charge in [-0.25, -0.2) is 9.18 Å². The first-order chi connectivity index (χ1) is 14.6. The van der Waals surface area contributed by atoms with Gasteiger partial charge in [0.25, 0.3) is 5.91 Å². The van der Waals surface area contributed by atoms with Crippen molar-refractivity contribution in [2.75, 3.05) is 19.0 Å². The van der Waals surface area contributed by atoms with Gasteiger partial charge in [-0.2, -0.15) is 0 Å². The molecule has 1 amide bonds. The first kappa shape index (κ1) is 20.8. The van der Waals surface area contributed by atoms with Crippen LogP contribution < -0.4 is 10.1 Å². The van der Waals surface area contributed by atoms with Gasteiger partial charge >= 0.3 is 5.97 Å². The van der Waals surface area contributed by atoms with Crippen LogP contribution in [0, 0.1) is 5.82 Å². The van der Waals surface area contributed by atoms with Gasteiger partial charge < -0.3 is 14.8 Å². The molecule has 0 aromatic heterocycles. The number of carbonyl (C=O) groups is 2. The third-order valence-electron chi connectivity index (χ3n) is 4.19. The normalized spacial score (nSPS) is 10.9. The zero-order chi connectivity index (χ0) is 21.3. The smallest absolute Gasteiger partial charge is 0.339 e. The summed E-state index contributed by atoms with van der Waals surface area (Å²) in [7, 11) is 1.55. The molecule has 0 radical (unpaired) electrons. The van der Waals surface area contributed by atoms with Crippen LogP contribution in [0.1, 0.15) is 11.1 Å². The van der Waals surface area contributed by atoms with Gasteiger partial charge in [-0.15, -0.1) is 0 Å². The third kappa shape index (κ3) is 5.54. The molecular formula is C24H20FNO4. The van der Waals surface area contributed by atoms with Crippen LogP contribution in [0.15, 0.2) is 78.9 Å². The lowest BCUT2D eigenvalue weighted by atomic mass is 10.0. The van der Waals surface area contributed by atoms with E-state index >= 15 is 0 Å². The lowest BCUT2D eigenvalue weighted by Crippen LogP contribution is -2.21. The van der Waals surface area contributed by atoms with E-state index in [1.807, 2.05) is 24.3 Å². The monoisotopic (exact) mass is 405 g/mol. The topological polar surface area (TPSA) is 64.6 Å². The Hall–Kier alpha value is -3.93.